The van der Waals surface area contributed by atoms with Gasteiger partial charge in [-0.1, -0.05) is 205 Å². The van der Waals surface area contributed by atoms with Gasteiger partial charge in [-0.2, -0.15) is 0 Å². The molecule has 9 heteroatoms. The number of nitrogens with two attached hydrogens (primary N) is 1. The second kappa shape index (κ2) is 52.6. The number of phosphoric acid groups is 1. The molecule has 0 spiro atoms. The predicted molar refractivity (Wildman–Crippen MR) is 283 cm³/mol. The Labute approximate surface area is 404 Å². The summed E-state index contributed by atoms with van der Waals surface area (Å²) in [4.78, 5) is 22.6. The second-order valence-electron chi connectivity index (χ2n) is 16.3. The third-order valence-corrected chi connectivity index (χ3v) is 11.0. The van der Waals surface area contributed by atoms with E-state index in [1.807, 2.05) is 0 Å². The molecule has 2 unspecified atom stereocenters. The summed E-state index contributed by atoms with van der Waals surface area (Å²) in [5.41, 5.74) is 5.39. The Bertz CT molecular complexity index is 1470. The van der Waals surface area contributed by atoms with Gasteiger partial charge in [0, 0.05) is 19.6 Å². The van der Waals surface area contributed by atoms with Crippen molar-refractivity contribution in [3.05, 3.63) is 134 Å². The first-order valence-electron chi connectivity index (χ1n) is 25.7. The quantitative estimate of drug-likeness (QED) is 0.0268. The molecule has 0 aliphatic carbocycles. The van der Waals surface area contributed by atoms with Crippen molar-refractivity contribution in [2.45, 2.75) is 187 Å². The molecule has 0 heterocycles. The Balaban J connectivity index is 4.09. The molecule has 0 aliphatic heterocycles. The van der Waals surface area contributed by atoms with E-state index in [1.54, 1.807) is 0 Å². The number of phosphoric ester groups is 1. The summed E-state index contributed by atoms with van der Waals surface area (Å²) >= 11 is 0. The van der Waals surface area contributed by atoms with Gasteiger partial charge in [0.2, 0.25) is 0 Å². The van der Waals surface area contributed by atoms with E-state index in [9.17, 15) is 14.3 Å². The van der Waals surface area contributed by atoms with Crippen LogP contribution in [0.4, 0.5) is 0 Å². The number of hydrogen-bond donors (Lipinski definition) is 2. The molecule has 0 aromatic carbocycles. The fourth-order valence-electron chi connectivity index (χ4n) is 6.39. The summed E-state index contributed by atoms with van der Waals surface area (Å²) in [5.74, 6) is -0.393. The highest BCUT2D eigenvalue weighted by atomic mass is 31.2. The zero-order valence-corrected chi connectivity index (χ0v) is 42.5. The van der Waals surface area contributed by atoms with Crippen LogP contribution in [-0.2, 0) is 27.9 Å². The number of rotatable bonds is 47. The van der Waals surface area contributed by atoms with Gasteiger partial charge in [0.25, 0.3) is 0 Å². The number of unbranched alkanes of at least 4 members (excludes halogenated alkanes) is 12. The topological polar surface area (TPSA) is 117 Å². The number of allylic oxidation sites excluding steroid dienone is 22. The maximum Gasteiger partial charge on any atom is 0.472 e. The maximum atomic E-state index is 12.6. The van der Waals surface area contributed by atoms with Crippen molar-refractivity contribution in [2.75, 3.05) is 33.0 Å². The van der Waals surface area contributed by atoms with Crippen LogP contribution in [-0.4, -0.2) is 49.9 Å². The van der Waals surface area contributed by atoms with Crippen LogP contribution in [0.2, 0.25) is 0 Å². The van der Waals surface area contributed by atoms with Crippen LogP contribution < -0.4 is 5.73 Å². The molecule has 0 radical (unpaired) electrons. The van der Waals surface area contributed by atoms with E-state index in [-0.39, 0.29) is 32.8 Å². The van der Waals surface area contributed by atoms with Gasteiger partial charge in [-0.25, -0.2) is 4.57 Å². The molecule has 0 saturated carbocycles. The number of ether oxygens (including phenoxy) is 2. The van der Waals surface area contributed by atoms with Gasteiger partial charge in [0.1, 0.15) is 6.10 Å². The highest BCUT2D eigenvalue weighted by Gasteiger charge is 2.25. The molecule has 3 N–H and O–H groups in total. The lowest BCUT2D eigenvalue weighted by atomic mass is 10.1. The first-order valence-corrected chi connectivity index (χ1v) is 27.2. The minimum Gasteiger partial charge on any atom is -0.457 e. The fourth-order valence-corrected chi connectivity index (χ4v) is 7.15. The van der Waals surface area contributed by atoms with Crippen molar-refractivity contribution in [2.24, 2.45) is 5.73 Å². The van der Waals surface area contributed by atoms with E-state index in [2.05, 4.69) is 148 Å². The Kier molecular flexibility index (Phi) is 49.9. The van der Waals surface area contributed by atoms with Gasteiger partial charge in [-0.05, 0) is 103 Å². The van der Waals surface area contributed by atoms with Crippen molar-refractivity contribution >= 4 is 13.8 Å². The Morgan fingerprint density at radius 2 is 0.803 bits per heavy atom. The molecule has 66 heavy (non-hydrogen) atoms. The van der Waals surface area contributed by atoms with Crippen LogP contribution in [0.1, 0.15) is 181 Å². The van der Waals surface area contributed by atoms with Gasteiger partial charge in [-0.15, -0.1) is 0 Å². The van der Waals surface area contributed by atoms with Crippen molar-refractivity contribution in [1.82, 2.24) is 0 Å². The lowest BCUT2D eigenvalue weighted by molar-refractivity contribution is -0.154. The highest BCUT2D eigenvalue weighted by Crippen LogP contribution is 2.43. The van der Waals surface area contributed by atoms with Crippen LogP contribution >= 0.6 is 7.82 Å². The van der Waals surface area contributed by atoms with E-state index in [1.165, 1.54) is 64.2 Å². The molecule has 0 rings (SSSR count). The normalized spacial score (nSPS) is 14.4. The summed E-state index contributed by atoms with van der Waals surface area (Å²) in [6.45, 7) is 4.58. The lowest BCUT2D eigenvalue weighted by Crippen LogP contribution is -2.28. The van der Waals surface area contributed by atoms with E-state index in [0.29, 0.717) is 13.0 Å². The molecule has 0 saturated heterocycles. The second-order valence-corrected chi connectivity index (χ2v) is 17.7. The summed E-state index contributed by atoms with van der Waals surface area (Å²) < 4.78 is 33.5. The molecule has 2 atom stereocenters. The van der Waals surface area contributed by atoms with Gasteiger partial charge in [0.15, 0.2) is 0 Å². The Morgan fingerprint density at radius 3 is 1.20 bits per heavy atom. The molecule has 0 aromatic rings. The smallest absolute Gasteiger partial charge is 0.457 e. The third-order valence-electron chi connectivity index (χ3n) is 10.1. The monoisotopic (exact) mass is 936 g/mol. The van der Waals surface area contributed by atoms with Gasteiger partial charge >= 0.3 is 13.8 Å². The molecule has 8 nitrogen and oxygen atoms in total. The minimum absolute atomic E-state index is 0.0813. The molecular formula is C57H94NO7P. The summed E-state index contributed by atoms with van der Waals surface area (Å²) in [6.07, 6.45) is 74.9. The average molecular weight is 936 g/mol. The zero-order valence-electron chi connectivity index (χ0n) is 41.6. The van der Waals surface area contributed by atoms with Crippen LogP contribution in [0, 0.1) is 0 Å². The van der Waals surface area contributed by atoms with Gasteiger partial charge in [0.05, 0.1) is 19.8 Å². The van der Waals surface area contributed by atoms with E-state index in [0.717, 1.165) is 89.9 Å². The molecular weight excluding hydrogens is 842 g/mol. The average Bonchev–Trinajstić information content (AvgIpc) is 3.31. The molecule has 374 valence electrons. The largest absolute Gasteiger partial charge is 0.472 e. The van der Waals surface area contributed by atoms with Crippen molar-refractivity contribution in [3.8, 4) is 0 Å². The van der Waals surface area contributed by atoms with Gasteiger partial charge in [-0.3, -0.25) is 13.8 Å². The standard InChI is InChI=1S/C57H94NO7P/c1-3-5-7-9-11-13-15-17-19-21-23-25-27-29-31-33-35-37-39-41-43-45-47-49-52-62-54-56(55-64-66(60,61)63-53-51-58)65-57(59)50-48-46-44-42-40-38-36-34-32-30-28-26-24-22-20-18-16-14-12-10-8-6-4-2/h5-8,11-14,17-20,23-26,30,32,36,38,42,44,56H,3-4,9-10,15-16,21-22,27-29,31,33-35,37,39-41,43,45-55,58H2,1-2H3,(H,60,61)/b7-5-,8-6-,13-11-,14-12-,19-17-,20-18-,25-23-,26-24-,32-30-,38-36-,44-42-. The first kappa shape index (κ1) is 62.6. The van der Waals surface area contributed by atoms with E-state index < -0.39 is 19.9 Å². The van der Waals surface area contributed by atoms with E-state index >= 15 is 0 Å². The maximum absolute atomic E-state index is 12.6. The van der Waals surface area contributed by atoms with Crippen molar-refractivity contribution in [1.29, 1.82) is 0 Å². The summed E-state index contributed by atoms with van der Waals surface area (Å²) in [7, 11) is -4.31. The molecule has 0 amide bonds. The lowest BCUT2D eigenvalue weighted by Gasteiger charge is -2.20. The highest BCUT2D eigenvalue weighted by molar-refractivity contribution is 7.47. The predicted octanol–water partition coefficient (Wildman–Crippen LogP) is 16.3. The van der Waals surface area contributed by atoms with E-state index in [4.69, 9.17) is 24.3 Å². The zero-order chi connectivity index (χ0) is 48.0. The van der Waals surface area contributed by atoms with Crippen LogP contribution in [0.25, 0.3) is 0 Å². The van der Waals surface area contributed by atoms with Crippen LogP contribution in [0.5, 0.6) is 0 Å². The fraction of sp³-hybridized carbons (Fsp3) is 0.596. The van der Waals surface area contributed by atoms with Crippen molar-refractivity contribution < 1.29 is 32.8 Å². The number of hydrogen-bond acceptors (Lipinski definition) is 7. The van der Waals surface area contributed by atoms with Gasteiger partial charge < -0.3 is 20.1 Å². The number of carbonyl (C=O) groups excluding carboxylic acids is 1. The SMILES string of the molecule is CC/C=C\C/C=C\C/C=C\C/C=C\C/C=C\C/C=C\C/C=C\CCCC(=O)OC(COCCCCCCCCCCCCC/C=C\C/C=C\C/C=C\C/C=C\CC)COP(=O)(O)OCCN. The molecule has 0 fully saturated rings. The Morgan fingerprint density at radius 1 is 0.455 bits per heavy atom. The molecule has 0 aliphatic rings. The van der Waals surface area contributed by atoms with Crippen LogP contribution in [0.15, 0.2) is 134 Å². The number of carbonyl (C=O) groups is 1. The van der Waals surface area contributed by atoms with Crippen molar-refractivity contribution in [3.63, 3.8) is 0 Å². The Hall–Kier alpha value is -3.36. The summed E-state index contributed by atoms with van der Waals surface area (Å²) in [5, 5.41) is 0. The molecule has 0 aromatic heterocycles. The summed E-state index contributed by atoms with van der Waals surface area (Å²) in [6, 6.07) is 0. The third kappa shape index (κ3) is 51.6. The van der Waals surface area contributed by atoms with Crippen LogP contribution in [0.3, 0.4) is 0 Å². The minimum atomic E-state index is -4.31. The molecule has 0 bridgehead atoms. The first-order chi connectivity index (χ1) is 32.4. The number of esters is 1.